The lowest BCUT2D eigenvalue weighted by atomic mass is 10.2. The third-order valence-electron chi connectivity index (χ3n) is 2.68. The number of hydrogen-bond acceptors (Lipinski definition) is 4. The van der Waals surface area contributed by atoms with Gasteiger partial charge in [-0.1, -0.05) is 13.0 Å². The first-order valence-corrected chi connectivity index (χ1v) is 7.32. The van der Waals surface area contributed by atoms with Crippen molar-refractivity contribution in [2.24, 2.45) is 0 Å². The van der Waals surface area contributed by atoms with Gasteiger partial charge in [-0.15, -0.1) is 0 Å². The van der Waals surface area contributed by atoms with Crippen LogP contribution in [-0.4, -0.2) is 23.5 Å². The molecule has 0 aliphatic carbocycles. The van der Waals surface area contributed by atoms with Crippen molar-refractivity contribution in [3.05, 3.63) is 42.5 Å². The number of hydrogen-bond donors (Lipinski definition) is 3. The lowest BCUT2D eigenvalue weighted by molar-refractivity contribution is 0.472. The number of benzene rings is 1. The monoisotopic (exact) mass is 281 g/mol. The van der Waals surface area contributed by atoms with E-state index in [2.05, 4.69) is 14.7 Å². The van der Waals surface area contributed by atoms with Crippen LogP contribution in [0.15, 0.2) is 41.6 Å². The number of rotatable bonds is 5. The molecule has 19 heavy (non-hydrogen) atoms. The second-order valence-electron chi connectivity index (χ2n) is 4.05. The summed E-state index contributed by atoms with van der Waals surface area (Å²) >= 11 is 0. The molecule has 0 saturated carbocycles. The van der Waals surface area contributed by atoms with E-state index in [1.807, 2.05) is 6.92 Å². The first-order chi connectivity index (χ1) is 9.03. The summed E-state index contributed by atoms with van der Waals surface area (Å²) in [6.07, 6.45) is 3.77. The van der Waals surface area contributed by atoms with Crippen LogP contribution in [-0.2, 0) is 10.0 Å². The van der Waals surface area contributed by atoms with E-state index in [-0.39, 0.29) is 10.6 Å². The smallest absolute Gasteiger partial charge is 0.241 e. The highest BCUT2D eigenvalue weighted by Crippen LogP contribution is 2.19. The van der Waals surface area contributed by atoms with Gasteiger partial charge in [0, 0.05) is 12.4 Å². The molecule has 3 N–H and O–H groups in total. The third-order valence-corrected chi connectivity index (χ3v) is 4.15. The maximum Gasteiger partial charge on any atom is 0.241 e. The van der Waals surface area contributed by atoms with Gasteiger partial charge in [0.1, 0.15) is 11.6 Å². The van der Waals surface area contributed by atoms with Crippen LogP contribution in [0.1, 0.15) is 25.2 Å². The fraction of sp³-hybridized carbons (Fsp3) is 0.250. The Morgan fingerprint density at radius 3 is 2.84 bits per heavy atom. The minimum atomic E-state index is -3.69. The van der Waals surface area contributed by atoms with Crippen molar-refractivity contribution in [2.75, 3.05) is 0 Å². The number of phenols is 1. The molecule has 2 aromatic rings. The molecular weight excluding hydrogens is 266 g/mol. The normalized spacial score (nSPS) is 13.3. The first kappa shape index (κ1) is 13.6. The summed E-state index contributed by atoms with van der Waals surface area (Å²) < 4.78 is 26.9. The van der Waals surface area contributed by atoms with Crippen LogP contribution in [0.25, 0.3) is 0 Å². The Kier molecular flexibility index (Phi) is 3.87. The van der Waals surface area contributed by atoms with Crippen molar-refractivity contribution in [1.29, 1.82) is 0 Å². The Hall–Kier alpha value is -1.86. The van der Waals surface area contributed by atoms with Gasteiger partial charge in [0.2, 0.25) is 10.0 Å². The predicted octanol–water partition coefficient (Wildman–Crippen LogP) is 1.54. The van der Waals surface area contributed by atoms with Gasteiger partial charge in [0.05, 0.1) is 10.9 Å². The largest absolute Gasteiger partial charge is 0.508 e. The summed E-state index contributed by atoms with van der Waals surface area (Å²) in [4.78, 5) is 6.96. The number of sulfonamides is 1. The Balaban J connectivity index is 2.26. The molecule has 0 spiro atoms. The molecule has 0 amide bonds. The summed E-state index contributed by atoms with van der Waals surface area (Å²) in [5.41, 5.74) is 0. The first-order valence-electron chi connectivity index (χ1n) is 5.83. The lowest BCUT2D eigenvalue weighted by Crippen LogP contribution is -2.29. The van der Waals surface area contributed by atoms with E-state index in [1.165, 1.54) is 24.3 Å². The highest BCUT2D eigenvalue weighted by molar-refractivity contribution is 7.89. The second kappa shape index (κ2) is 5.41. The fourth-order valence-corrected chi connectivity index (χ4v) is 3.03. The van der Waals surface area contributed by atoms with Crippen LogP contribution in [0, 0.1) is 0 Å². The number of nitrogens with zero attached hydrogens (tertiary/aromatic N) is 1. The predicted molar refractivity (Wildman–Crippen MR) is 70.0 cm³/mol. The molecule has 0 aliphatic heterocycles. The molecule has 7 heteroatoms. The number of nitrogens with one attached hydrogen (secondary N) is 2. The molecule has 1 atom stereocenters. The third kappa shape index (κ3) is 3.12. The van der Waals surface area contributed by atoms with E-state index in [1.54, 1.807) is 12.4 Å². The van der Waals surface area contributed by atoms with Gasteiger partial charge in [-0.25, -0.2) is 18.1 Å². The van der Waals surface area contributed by atoms with Gasteiger partial charge in [-0.05, 0) is 24.6 Å². The summed E-state index contributed by atoms with van der Waals surface area (Å²) in [7, 11) is -3.69. The van der Waals surface area contributed by atoms with E-state index < -0.39 is 16.1 Å². The van der Waals surface area contributed by atoms with Crippen LogP contribution in [0.4, 0.5) is 0 Å². The van der Waals surface area contributed by atoms with Gasteiger partial charge in [0.25, 0.3) is 0 Å². The van der Waals surface area contributed by atoms with Gasteiger partial charge in [0.15, 0.2) is 0 Å². The summed E-state index contributed by atoms with van der Waals surface area (Å²) in [6.45, 7) is 1.86. The van der Waals surface area contributed by atoms with Crippen LogP contribution in [0.5, 0.6) is 5.75 Å². The molecule has 0 aliphatic rings. The van der Waals surface area contributed by atoms with Crippen LogP contribution < -0.4 is 4.72 Å². The SMILES string of the molecule is CCC(NS(=O)(=O)c1cccc(O)c1)c1ncc[nH]1. The van der Waals surface area contributed by atoms with E-state index in [0.29, 0.717) is 12.2 Å². The maximum absolute atomic E-state index is 12.2. The number of aromatic amines is 1. The van der Waals surface area contributed by atoms with Gasteiger partial charge in [-0.2, -0.15) is 0 Å². The van der Waals surface area contributed by atoms with Crippen LogP contribution in [0.3, 0.4) is 0 Å². The Morgan fingerprint density at radius 2 is 2.26 bits per heavy atom. The Labute approximate surface area is 111 Å². The van der Waals surface area contributed by atoms with Crippen molar-refractivity contribution < 1.29 is 13.5 Å². The number of imidazole rings is 1. The highest BCUT2D eigenvalue weighted by atomic mass is 32.2. The molecule has 0 fully saturated rings. The average molecular weight is 281 g/mol. The quantitative estimate of drug-likeness (QED) is 0.774. The zero-order chi connectivity index (χ0) is 13.9. The van der Waals surface area contributed by atoms with Gasteiger partial charge >= 0.3 is 0 Å². The van der Waals surface area contributed by atoms with E-state index >= 15 is 0 Å². The highest BCUT2D eigenvalue weighted by Gasteiger charge is 2.21. The maximum atomic E-state index is 12.2. The average Bonchev–Trinajstić information content (AvgIpc) is 2.90. The number of aromatic nitrogens is 2. The molecule has 0 saturated heterocycles. The van der Waals surface area contributed by atoms with E-state index in [9.17, 15) is 13.5 Å². The number of phenolic OH excluding ortho intramolecular Hbond substituents is 1. The van der Waals surface area contributed by atoms with Crippen molar-refractivity contribution >= 4 is 10.0 Å². The topological polar surface area (TPSA) is 95.1 Å². The standard InChI is InChI=1S/C12H15N3O3S/c1-2-11(12-13-6-7-14-12)15-19(17,18)10-5-3-4-9(16)8-10/h3-8,11,15-16H,2H2,1H3,(H,13,14). The Bertz CT molecular complexity index is 638. The molecule has 0 bridgehead atoms. The molecule has 2 rings (SSSR count). The minimum Gasteiger partial charge on any atom is -0.508 e. The van der Waals surface area contributed by atoms with Gasteiger partial charge < -0.3 is 10.1 Å². The van der Waals surface area contributed by atoms with Crippen LogP contribution >= 0.6 is 0 Å². The Morgan fingerprint density at radius 1 is 1.47 bits per heavy atom. The minimum absolute atomic E-state index is 0.0255. The number of aromatic hydroxyl groups is 1. The molecule has 6 nitrogen and oxygen atoms in total. The number of H-pyrrole nitrogens is 1. The summed E-state index contributed by atoms with van der Waals surface area (Å²) in [5.74, 6) is 0.472. The molecule has 0 radical (unpaired) electrons. The van der Waals surface area contributed by atoms with E-state index in [0.717, 1.165) is 0 Å². The van der Waals surface area contributed by atoms with Crippen molar-refractivity contribution in [3.8, 4) is 5.75 Å². The van der Waals surface area contributed by atoms with Gasteiger partial charge in [-0.3, -0.25) is 0 Å². The zero-order valence-electron chi connectivity index (χ0n) is 10.4. The molecule has 1 aromatic carbocycles. The second-order valence-corrected chi connectivity index (χ2v) is 5.77. The fourth-order valence-electron chi connectivity index (χ4n) is 1.71. The zero-order valence-corrected chi connectivity index (χ0v) is 11.2. The molecular formula is C12H15N3O3S. The van der Waals surface area contributed by atoms with Crippen LogP contribution in [0.2, 0.25) is 0 Å². The summed E-state index contributed by atoms with van der Waals surface area (Å²) in [5, 5.41) is 9.34. The lowest BCUT2D eigenvalue weighted by Gasteiger charge is -2.15. The van der Waals surface area contributed by atoms with Crippen molar-refractivity contribution in [3.63, 3.8) is 0 Å². The van der Waals surface area contributed by atoms with Crippen molar-refractivity contribution in [1.82, 2.24) is 14.7 Å². The molecule has 1 unspecified atom stereocenters. The summed E-state index contributed by atoms with van der Waals surface area (Å²) in [6, 6.07) is 5.11. The molecule has 1 heterocycles. The molecule has 102 valence electrons. The molecule has 1 aromatic heterocycles. The van der Waals surface area contributed by atoms with E-state index in [4.69, 9.17) is 0 Å². The van der Waals surface area contributed by atoms with Crippen molar-refractivity contribution in [2.45, 2.75) is 24.3 Å².